The highest BCUT2D eigenvalue weighted by Crippen LogP contribution is 2.35. The maximum absolute atomic E-state index is 13.1. The average molecular weight is 607 g/mol. The maximum Gasteiger partial charge on any atom is 0.335 e. The van der Waals surface area contributed by atoms with Crippen LogP contribution >= 0.6 is 0 Å². The van der Waals surface area contributed by atoms with Crippen LogP contribution in [0.1, 0.15) is 87.6 Å². The number of ether oxygens (including phenoxy) is 2. The number of hydrogen-bond donors (Lipinski definition) is 3. The molecule has 238 valence electrons. The molecule has 2 aliphatic heterocycles. The van der Waals surface area contributed by atoms with Crippen molar-refractivity contribution in [3.8, 4) is 11.5 Å². The molecule has 3 N–H and O–H groups in total. The molecule has 1 aliphatic carbocycles. The Morgan fingerprint density at radius 3 is 2.18 bits per heavy atom. The Labute approximate surface area is 260 Å². The van der Waals surface area contributed by atoms with E-state index in [0.29, 0.717) is 17.4 Å². The number of benzene rings is 2. The maximum atomic E-state index is 13.1. The molecular weight excluding hydrogens is 560 g/mol. The van der Waals surface area contributed by atoms with Crippen molar-refractivity contribution in [2.45, 2.75) is 103 Å². The second kappa shape index (κ2) is 15.0. The predicted octanol–water partition coefficient (Wildman–Crippen LogP) is 5.08. The minimum Gasteiger partial charge on any atom is -0.478 e. The Kier molecular flexibility index (Phi) is 10.9. The number of carbonyl (C=O) groups is 3. The van der Waals surface area contributed by atoms with E-state index in [1.54, 1.807) is 12.1 Å². The van der Waals surface area contributed by atoms with Gasteiger partial charge in [-0.2, -0.15) is 5.01 Å². The lowest BCUT2D eigenvalue weighted by molar-refractivity contribution is -0.200. The van der Waals surface area contributed by atoms with Crippen LogP contribution in [0.25, 0.3) is 0 Å². The van der Waals surface area contributed by atoms with Crippen molar-refractivity contribution in [2.75, 3.05) is 13.1 Å². The molecule has 0 aromatic heterocycles. The third-order valence-electron chi connectivity index (χ3n) is 9.09. The first kappa shape index (κ1) is 31.9. The zero-order valence-corrected chi connectivity index (χ0v) is 25.9. The molecular formula is C34H46N4O6. The zero-order valence-electron chi connectivity index (χ0n) is 25.9. The van der Waals surface area contributed by atoms with E-state index in [9.17, 15) is 14.4 Å². The molecule has 2 heterocycles. The normalized spacial score (nSPS) is 24.0. The minimum atomic E-state index is -0.961. The first-order chi connectivity index (χ1) is 21.3. The number of likely N-dealkylation sites (tertiary alicyclic amines) is 1. The van der Waals surface area contributed by atoms with Crippen molar-refractivity contribution in [2.24, 2.45) is 5.92 Å². The van der Waals surface area contributed by atoms with E-state index in [2.05, 4.69) is 39.7 Å². The van der Waals surface area contributed by atoms with Crippen LogP contribution in [0.15, 0.2) is 48.5 Å². The summed E-state index contributed by atoms with van der Waals surface area (Å²) in [5.41, 5.74) is 5.24. The third-order valence-corrected chi connectivity index (χ3v) is 9.09. The molecule has 2 saturated heterocycles. The van der Waals surface area contributed by atoms with Crippen LogP contribution in [0.3, 0.4) is 0 Å². The van der Waals surface area contributed by atoms with Gasteiger partial charge in [-0.25, -0.2) is 15.0 Å². The topological polar surface area (TPSA) is 120 Å². The van der Waals surface area contributed by atoms with Crippen molar-refractivity contribution in [3.63, 3.8) is 0 Å². The lowest BCUT2D eigenvalue weighted by Crippen LogP contribution is -2.71. The van der Waals surface area contributed by atoms with Crippen molar-refractivity contribution < 1.29 is 29.0 Å². The molecule has 1 saturated carbocycles. The summed E-state index contributed by atoms with van der Waals surface area (Å²) in [4.78, 5) is 38.8. The number of carbonyl (C=O) groups excluding carboxylic acids is 2. The van der Waals surface area contributed by atoms with Gasteiger partial charge in [0.15, 0.2) is 6.23 Å². The van der Waals surface area contributed by atoms with Gasteiger partial charge in [0.1, 0.15) is 17.5 Å². The van der Waals surface area contributed by atoms with Crippen LogP contribution in [0, 0.1) is 5.92 Å². The Morgan fingerprint density at radius 1 is 0.955 bits per heavy atom. The van der Waals surface area contributed by atoms with Gasteiger partial charge in [0.2, 0.25) is 5.91 Å². The van der Waals surface area contributed by atoms with Crippen LogP contribution in [-0.2, 0) is 20.9 Å². The summed E-state index contributed by atoms with van der Waals surface area (Å²) >= 11 is 0. The molecule has 3 aliphatic rings. The number of aromatic carboxylic acids is 1. The van der Waals surface area contributed by atoms with Gasteiger partial charge in [-0.05, 0) is 80.0 Å². The van der Waals surface area contributed by atoms with Gasteiger partial charge < -0.3 is 19.9 Å². The number of carboxylic acids is 1. The average Bonchev–Trinajstić information content (AvgIpc) is 3.02. The van der Waals surface area contributed by atoms with E-state index in [-0.39, 0.29) is 35.8 Å². The Hall–Kier alpha value is -3.47. The number of cyclic esters (lactones) is 1. The van der Waals surface area contributed by atoms with Gasteiger partial charge in [0.05, 0.1) is 11.6 Å². The van der Waals surface area contributed by atoms with Gasteiger partial charge in [0.25, 0.3) is 0 Å². The van der Waals surface area contributed by atoms with E-state index in [0.717, 1.165) is 71.0 Å². The standard InChI is InChI=1S/C34H46N4O6/c1-3-7-30-38(32(25-8-5-4-6-9-25)31(34(42)44-30)35-23(2)39)36-27-18-20-37(21-19-27)22-24-10-14-28(15-11-24)43-29-16-12-26(13-17-29)33(40)41/h10-17,25,27,30-32,36H,3-9,18-22H2,1-2H3,(H,35,39)(H,40,41). The van der Waals surface area contributed by atoms with E-state index in [1.807, 2.05) is 12.1 Å². The van der Waals surface area contributed by atoms with Crippen molar-refractivity contribution in [3.05, 3.63) is 59.7 Å². The molecule has 1 amide bonds. The van der Waals surface area contributed by atoms with E-state index in [1.165, 1.54) is 31.0 Å². The second-order valence-corrected chi connectivity index (χ2v) is 12.4. The minimum absolute atomic E-state index is 0.120. The molecule has 0 bridgehead atoms. The number of esters is 1. The van der Waals surface area contributed by atoms with Crippen LogP contribution in [-0.4, -0.2) is 70.3 Å². The van der Waals surface area contributed by atoms with Gasteiger partial charge in [-0.15, -0.1) is 0 Å². The SMILES string of the molecule is CCCC1OC(=O)C(NC(C)=O)C(C2CCCCC2)N1NC1CCN(Cc2ccc(Oc3ccc(C(=O)O)cc3)cc2)CC1. The first-order valence-electron chi connectivity index (χ1n) is 16.2. The van der Waals surface area contributed by atoms with Gasteiger partial charge in [0, 0.05) is 32.6 Å². The summed E-state index contributed by atoms with van der Waals surface area (Å²) in [6.07, 6.45) is 8.91. The lowest BCUT2D eigenvalue weighted by atomic mass is 9.79. The molecule has 0 spiro atoms. The van der Waals surface area contributed by atoms with E-state index < -0.39 is 12.0 Å². The number of piperidine rings is 1. The van der Waals surface area contributed by atoms with Crippen molar-refractivity contribution >= 4 is 17.8 Å². The smallest absolute Gasteiger partial charge is 0.335 e. The van der Waals surface area contributed by atoms with Crippen molar-refractivity contribution in [1.29, 1.82) is 0 Å². The highest BCUT2D eigenvalue weighted by atomic mass is 16.6. The number of nitrogens with zero attached hydrogens (tertiary/aromatic N) is 2. The monoisotopic (exact) mass is 606 g/mol. The summed E-state index contributed by atoms with van der Waals surface area (Å²) in [5.74, 6) is 0.150. The fourth-order valence-electron chi connectivity index (χ4n) is 6.86. The molecule has 0 radical (unpaired) electrons. The number of hydrogen-bond acceptors (Lipinski definition) is 8. The second-order valence-electron chi connectivity index (χ2n) is 12.4. The van der Waals surface area contributed by atoms with Crippen LogP contribution in [0.2, 0.25) is 0 Å². The zero-order chi connectivity index (χ0) is 31.1. The molecule has 10 heteroatoms. The Morgan fingerprint density at radius 2 is 1.59 bits per heavy atom. The summed E-state index contributed by atoms with van der Waals surface area (Å²) in [6.45, 7) is 6.31. The highest BCUT2D eigenvalue weighted by molar-refractivity contribution is 5.87. The van der Waals surface area contributed by atoms with Gasteiger partial charge in [-0.1, -0.05) is 44.7 Å². The molecule has 2 aromatic rings. The fourth-order valence-corrected chi connectivity index (χ4v) is 6.86. The number of rotatable bonds is 11. The largest absolute Gasteiger partial charge is 0.478 e. The Bertz CT molecular complexity index is 1260. The third kappa shape index (κ3) is 8.16. The summed E-state index contributed by atoms with van der Waals surface area (Å²) in [6, 6.07) is 13.9. The molecule has 2 aromatic carbocycles. The molecule has 5 rings (SSSR count). The first-order valence-corrected chi connectivity index (χ1v) is 16.2. The quantitative estimate of drug-likeness (QED) is 0.301. The van der Waals surface area contributed by atoms with Crippen LogP contribution in [0.5, 0.6) is 11.5 Å². The van der Waals surface area contributed by atoms with Gasteiger partial charge >= 0.3 is 11.9 Å². The van der Waals surface area contributed by atoms with Crippen molar-refractivity contribution in [1.82, 2.24) is 20.7 Å². The predicted molar refractivity (Wildman–Crippen MR) is 166 cm³/mol. The number of carboxylic acid groups (broad SMARTS) is 1. The molecule has 44 heavy (non-hydrogen) atoms. The fraction of sp³-hybridized carbons (Fsp3) is 0.559. The van der Waals surface area contributed by atoms with E-state index in [4.69, 9.17) is 14.6 Å². The lowest BCUT2D eigenvalue weighted by Gasteiger charge is -2.50. The van der Waals surface area contributed by atoms with Crippen LogP contribution < -0.4 is 15.5 Å². The number of amides is 1. The van der Waals surface area contributed by atoms with E-state index >= 15 is 0 Å². The molecule has 3 unspecified atom stereocenters. The van der Waals surface area contributed by atoms with Crippen LogP contribution in [0.4, 0.5) is 0 Å². The Balaban J connectivity index is 1.18. The molecule has 3 atom stereocenters. The summed E-state index contributed by atoms with van der Waals surface area (Å²) in [7, 11) is 0. The number of hydrazine groups is 1. The highest BCUT2D eigenvalue weighted by Gasteiger charge is 2.48. The number of nitrogens with one attached hydrogen (secondary N) is 2. The summed E-state index contributed by atoms with van der Waals surface area (Å²) < 4.78 is 11.8. The molecule has 3 fully saturated rings. The molecule has 10 nitrogen and oxygen atoms in total. The van der Waals surface area contributed by atoms with Gasteiger partial charge in [-0.3, -0.25) is 9.69 Å². The summed E-state index contributed by atoms with van der Waals surface area (Å²) in [5, 5.41) is 14.2.